The van der Waals surface area contributed by atoms with E-state index in [9.17, 15) is 4.79 Å². The van der Waals surface area contributed by atoms with Gasteiger partial charge in [0.25, 0.3) is 0 Å². The van der Waals surface area contributed by atoms with Gasteiger partial charge < -0.3 is 4.74 Å². The molecule has 1 atom stereocenters. The fraction of sp³-hybridized carbons (Fsp3) is 0.429. The lowest BCUT2D eigenvalue weighted by Gasteiger charge is -2.09. The van der Waals surface area contributed by atoms with Gasteiger partial charge >= 0.3 is 5.97 Å². The van der Waals surface area contributed by atoms with Crippen LogP contribution in [0, 0.1) is 17.2 Å². The molecule has 1 aromatic rings. The summed E-state index contributed by atoms with van der Waals surface area (Å²) < 4.78 is 5.05. The third-order valence-electron chi connectivity index (χ3n) is 2.47. The number of nitriles is 1. The van der Waals surface area contributed by atoms with Crippen LogP contribution in [0.3, 0.4) is 0 Å². The van der Waals surface area contributed by atoms with Crippen molar-refractivity contribution in [2.75, 3.05) is 6.61 Å². The molecule has 3 heteroatoms. The van der Waals surface area contributed by atoms with E-state index < -0.39 is 11.9 Å². The van der Waals surface area contributed by atoms with Gasteiger partial charge in [-0.2, -0.15) is 5.26 Å². The highest BCUT2D eigenvalue weighted by Gasteiger charge is 2.19. The minimum atomic E-state index is -0.700. The number of hydrogen-bond donors (Lipinski definition) is 0. The maximum absolute atomic E-state index is 11.6. The van der Waals surface area contributed by atoms with Crippen LogP contribution in [0.5, 0.6) is 0 Å². The van der Waals surface area contributed by atoms with E-state index >= 15 is 0 Å². The summed E-state index contributed by atoms with van der Waals surface area (Å²) in [5.41, 5.74) is 0.978. The highest BCUT2D eigenvalue weighted by molar-refractivity contribution is 5.75. The van der Waals surface area contributed by atoms with E-state index in [-0.39, 0.29) is 0 Å². The maximum atomic E-state index is 11.6. The monoisotopic (exact) mass is 231 g/mol. The molecule has 0 unspecified atom stereocenters. The molecular formula is C14H17NO2. The normalized spacial score (nSPS) is 11.5. The van der Waals surface area contributed by atoms with Crippen molar-refractivity contribution in [3.8, 4) is 6.07 Å². The number of benzene rings is 1. The van der Waals surface area contributed by atoms with E-state index in [1.807, 2.05) is 43.3 Å². The lowest BCUT2D eigenvalue weighted by Crippen LogP contribution is -2.19. The second-order valence-electron chi connectivity index (χ2n) is 3.89. The van der Waals surface area contributed by atoms with Crippen LogP contribution >= 0.6 is 0 Å². The molecule has 3 nitrogen and oxygen atoms in total. The van der Waals surface area contributed by atoms with Gasteiger partial charge in [0.1, 0.15) is 5.92 Å². The van der Waals surface area contributed by atoms with Crippen LogP contribution < -0.4 is 0 Å². The van der Waals surface area contributed by atoms with Gasteiger partial charge in [0, 0.05) is 0 Å². The average molecular weight is 231 g/mol. The summed E-state index contributed by atoms with van der Waals surface area (Å²) in [7, 11) is 0. The molecule has 0 N–H and O–H groups in total. The minimum Gasteiger partial charge on any atom is -0.465 e. The Morgan fingerprint density at radius 3 is 2.71 bits per heavy atom. The number of unbranched alkanes of at least 4 members (excludes halogenated alkanes) is 1. The SMILES string of the molecule is CCCCOC(=O)[C@H](C#N)Cc1ccccc1. The molecule has 0 saturated heterocycles. The molecule has 1 aromatic carbocycles. The number of rotatable bonds is 6. The largest absolute Gasteiger partial charge is 0.465 e. The molecule has 0 aliphatic heterocycles. The van der Waals surface area contributed by atoms with Crippen molar-refractivity contribution in [2.45, 2.75) is 26.2 Å². The van der Waals surface area contributed by atoms with Crippen LogP contribution in [0.15, 0.2) is 30.3 Å². The van der Waals surface area contributed by atoms with Crippen LogP contribution in [-0.2, 0) is 16.0 Å². The van der Waals surface area contributed by atoms with E-state index in [0.717, 1.165) is 18.4 Å². The highest BCUT2D eigenvalue weighted by atomic mass is 16.5. The van der Waals surface area contributed by atoms with E-state index in [2.05, 4.69) is 0 Å². The van der Waals surface area contributed by atoms with Gasteiger partial charge in [0.05, 0.1) is 12.7 Å². The number of hydrogen-bond acceptors (Lipinski definition) is 3. The van der Waals surface area contributed by atoms with Crippen molar-refractivity contribution in [2.24, 2.45) is 5.92 Å². The minimum absolute atomic E-state index is 0.405. The fourth-order valence-electron chi connectivity index (χ4n) is 1.45. The molecule has 0 bridgehead atoms. The molecule has 0 spiro atoms. The predicted molar refractivity (Wildman–Crippen MR) is 65.1 cm³/mol. The number of nitrogens with zero attached hydrogens (tertiary/aromatic N) is 1. The van der Waals surface area contributed by atoms with Gasteiger partial charge in [0.2, 0.25) is 0 Å². The topological polar surface area (TPSA) is 50.1 Å². The van der Waals surface area contributed by atoms with Crippen molar-refractivity contribution in [3.05, 3.63) is 35.9 Å². The first kappa shape index (κ1) is 13.2. The van der Waals surface area contributed by atoms with Crippen LogP contribution in [0.1, 0.15) is 25.3 Å². The molecule has 0 saturated carbocycles. The summed E-state index contributed by atoms with van der Waals surface area (Å²) in [6.45, 7) is 2.43. The highest BCUT2D eigenvalue weighted by Crippen LogP contribution is 2.10. The second kappa shape index (κ2) is 7.45. The van der Waals surface area contributed by atoms with Gasteiger partial charge in [-0.15, -0.1) is 0 Å². The zero-order valence-corrected chi connectivity index (χ0v) is 10.1. The Kier molecular flexibility index (Phi) is 5.81. The Bertz CT molecular complexity index is 381. The van der Waals surface area contributed by atoms with Gasteiger partial charge in [-0.1, -0.05) is 43.7 Å². The van der Waals surface area contributed by atoms with Gasteiger partial charge in [-0.3, -0.25) is 4.79 Å². The lowest BCUT2D eigenvalue weighted by molar-refractivity contribution is -0.146. The molecule has 0 aliphatic carbocycles. The van der Waals surface area contributed by atoms with Crippen LogP contribution in [0.25, 0.3) is 0 Å². The van der Waals surface area contributed by atoms with E-state index in [1.165, 1.54) is 0 Å². The van der Waals surface area contributed by atoms with Crippen molar-refractivity contribution in [3.63, 3.8) is 0 Å². The smallest absolute Gasteiger partial charge is 0.323 e. The average Bonchev–Trinajstić information content (AvgIpc) is 2.37. The van der Waals surface area contributed by atoms with E-state index in [1.54, 1.807) is 0 Å². The fourth-order valence-corrected chi connectivity index (χ4v) is 1.45. The zero-order chi connectivity index (χ0) is 12.5. The molecule has 0 fully saturated rings. The van der Waals surface area contributed by atoms with Crippen molar-refractivity contribution < 1.29 is 9.53 Å². The number of esters is 1. The second-order valence-corrected chi connectivity index (χ2v) is 3.89. The number of carbonyl (C=O) groups is 1. The molecule has 0 amide bonds. The Hall–Kier alpha value is -1.82. The summed E-state index contributed by atoms with van der Waals surface area (Å²) >= 11 is 0. The summed E-state index contributed by atoms with van der Waals surface area (Å²) in [5, 5.41) is 8.96. The first-order valence-electron chi connectivity index (χ1n) is 5.88. The molecule has 0 aliphatic rings. The molecule has 17 heavy (non-hydrogen) atoms. The Balaban J connectivity index is 2.49. The number of ether oxygens (including phenoxy) is 1. The number of carbonyl (C=O) groups excluding carboxylic acids is 1. The standard InChI is InChI=1S/C14H17NO2/c1-2-3-9-17-14(16)13(11-15)10-12-7-5-4-6-8-12/h4-8,13H,2-3,9-10H2,1H3/t13-/m0/s1. The first-order chi connectivity index (χ1) is 8.27. The van der Waals surface area contributed by atoms with Gasteiger partial charge in [-0.05, 0) is 18.4 Å². The Morgan fingerprint density at radius 2 is 2.12 bits per heavy atom. The summed E-state index contributed by atoms with van der Waals surface area (Å²) in [4.78, 5) is 11.6. The third kappa shape index (κ3) is 4.69. The summed E-state index contributed by atoms with van der Waals surface area (Å²) in [6, 6.07) is 11.5. The third-order valence-corrected chi connectivity index (χ3v) is 2.47. The molecule has 0 radical (unpaired) electrons. The summed E-state index contributed by atoms with van der Waals surface area (Å²) in [5.74, 6) is -1.11. The van der Waals surface area contributed by atoms with Gasteiger partial charge in [-0.25, -0.2) is 0 Å². The van der Waals surface area contributed by atoms with Crippen molar-refractivity contribution >= 4 is 5.97 Å². The molecule has 90 valence electrons. The van der Waals surface area contributed by atoms with Crippen LogP contribution in [0.4, 0.5) is 0 Å². The lowest BCUT2D eigenvalue weighted by atomic mass is 10.0. The van der Waals surface area contributed by atoms with E-state index in [4.69, 9.17) is 10.00 Å². The van der Waals surface area contributed by atoms with Gasteiger partial charge in [0.15, 0.2) is 0 Å². The Morgan fingerprint density at radius 1 is 1.41 bits per heavy atom. The first-order valence-corrected chi connectivity index (χ1v) is 5.88. The van der Waals surface area contributed by atoms with E-state index in [0.29, 0.717) is 13.0 Å². The van der Waals surface area contributed by atoms with Crippen molar-refractivity contribution in [1.82, 2.24) is 0 Å². The predicted octanol–water partition coefficient (Wildman–Crippen LogP) is 2.71. The summed E-state index contributed by atoms with van der Waals surface area (Å²) in [6.07, 6.45) is 2.24. The molecule has 0 heterocycles. The quantitative estimate of drug-likeness (QED) is 0.558. The molecular weight excluding hydrogens is 214 g/mol. The molecule has 0 aromatic heterocycles. The zero-order valence-electron chi connectivity index (χ0n) is 10.1. The van der Waals surface area contributed by atoms with Crippen molar-refractivity contribution in [1.29, 1.82) is 5.26 Å². The molecule has 1 rings (SSSR count). The van der Waals surface area contributed by atoms with Crippen LogP contribution in [0.2, 0.25) is 0 Å². The maximum Gasteiger partial charge on any atom is 0.323 e. The van der Waals surface area contributed by atoms with Crippen LogP contribution in [-0.4, -0.2) is 12.6 Å². The Labute approximate surface area is 102 Å².